The van der Waals surface area contributed by atoms with Crippen LogP contribution in [0.15, 0.2) is 78.9 Å². The third-order valence-electron chi connectivity index (χ3n) is 4.71. The van der Waals surface area contributed by atoms with Crippen LogP contribution in [0.5, 0.6) is 5.75 Å². The van der Waals surface area contributed by atoms with E-state index in [4.69, 9.17) is 16.3 Å². The summed E-state index contributed by atoms with van der Waals surface area (Å²) in [5.41, 5.74) is 2.13. The van der Waals surface area contributed by atoms with Gasteiger partial charge in [0.05, 0.1) is 12.2 Å². The average Bonchev–Trinajstić information content (AvgIpc) is 2.77. The van der Waals surface area contributed by atoms with E-state index >= 15 is 0 Å². The summed E-state index contributed by atoms with van der Waals surface area (Å²) in [6.07, 6.45) is -0.801. The van der Waals surface area contributed by atoms with Crippen molar-refractivity contribution in [3.8, 4) is 5.75 Å². The summed E-state index contributed by atoms with van der Waals surface area (Å²) in [5.74, 6) is 0.0245. The minimum Gasteiger partial charge on any atom is -0.477 e. The smallest absolute Gasteiger partial charge is 0.263 e. The Hall–Kier alpha value is -3.31. The zero-order valence-corrected chi connectivity index (χ0v) is 16.3. The molecule has 3 aromatic rings. The molecule has 29 heavy (non-hydrogen) atoms. The number of ether oxygens (including phenoxy) is 1. The lowest BCUT2D eigenvalue weighted by Gasteiger charge is -2.34. The molecule has 0 saturated heterocycles. The van der Waals surface area contributed by atoms with E-state index in [-0.39, 0.29) is 18.4 Å². The summed E-state index contributed by atoms with van der Waals surface area (Å²) in [5, 5.41) is 3.44. The van der Waals surface area contributed by atoms with E-state index in [0.717, 1.165) is 5.56 Å². The molecular weight excluding hydrogens is 388 g/mol. The van der Waals surface area contributed by atoms with Crippen LogP contribution in [0.25, 0.3) is 0 Å². The number of carbonyl (C=O) groups excluding carboxylic acids is 2. The molecule has 0 saturated carbocycles. The SMILES string of the molecule is O=C(NCc1ccccc1)[C@@H]1CN(C(=O)c2ccc(Cl)cc2)c2ccccc2O1. The largest absolute Gasteiger partial charge is 0.477 e. The third kappa shape index (κ3) is 4.25. The van der Waals surface area contributed by atoms with Gasteiger partial charge in [-0.1, -0.05) is 54.1 Å². The number of nitrogens with one attached hydrogen (secondary N) is 1. The Bertz CT molecular complexity index is 1020. The van der Waals surface area contributed by atoms with E-state index < -0.39 is 6.10 Å². The summed E-state index contributed by atoms with van der Waals surface area (Å²) in [7, 11) is 0. The number of anilines is 1. The summed E-state index contributed by atoms with van der Waals surface area (Å²) < 4.78 is 5.89. The van der Waals surface area contributed by atoms with Crippen molar-refractivity contribution < 1.29 is 14.3 Å². The van der Waals surface area contributed by atoms with Crippen molar-refractivity contribution >= 4 is 29.1 Å². The van der Waals surface area contributed by atoms with E-state index in [1.165, 1.54) is 0 Å². The van der Waals surface area contributed by atoms with Gasteiger partial charge in [0.15, 0.2) is 6.10 Å². The Morgan fingerprint density at radius 2 is 1.66 bits per heavy atom. The first kappa shape index (κ1) is 19.0. The maximum Gasteiger partial charge on any atom is 0.263 e. The number of carbonyl (C=O) groups is 2. The summed E-state index contributed by atoms with van der Waals surface area (Å²) >= 11 is 5.94. The fourth-order valence-corrected chi connectivity index (χ4v) is 3.34. The molecule has 0 aliphatic carbocycles. The van der Waals surface area contributed by atoms with Crippen LogP contribution in [-0.2, 0) is 11.3 Å². The van der Waals surface area contributed by atoms with Gasteiger partial charge in [-0.2, -0.15) is 0 Å². The zero-order chi connectivity index (χ0) is 20.2. The van der Waals surface area contributed by atoms with E-state index in [1.807, 2.05) is 42.5 Å². The normalized spacial score (nSPS) is 15.2. The van der Waals surface area contributed by atoms with E-state index in [2.05, 4.69) is 5.32 Å². The lowest BCUT2D eigenvalue weighted by Crippen LogP contribution is -2.50. The van der Waals surface area contributed by atoms with Crippen molar-refractivity contribution in [2.24, 2.45) is 0 Å². The van der Waals surface area contributed by atoms with Gasteiger partial charge in [0.2, 0.25) is 0 Å². The highest BCUT2D eigenvalue weighted by molar-refractivity contribution is 6.30. The molecule has 0 bridgehead atoms. The van der Waals surface area contributed by atoms with Gasteiger partial charge in [0.1, 0.15) is 5.75 Å². The highest BCUT2D eigenvalue weighted by atomic mass is 35.5. The van der Waals surface area contributed by atoms with Gasteiger partial charge >= 0.3 is 0 Å². The zero-order valence-electron chi connectivity index (χ0n) is 15.5. The Morgan fingerprint density at radius 3 is 2.41 bits per heavy atom. The second-order valence-corrected chi connectivity index (χ2v) is 7.14. The number of fused-ring (bicyclic) bond motifs is 1. The first-order valence-electron chi connectivity index (χ1n) is 9.26. The first-order valence-corrected chi connectivity index (χ1v) is 9.64. The Morgan fingerprint density at radius 1 is 0.966 bits per heavy atom. The number of hydrogen-bond acceptors (Lipinski definition) is 3. The number of hydrogen-bond donors (Lipinski definition) is 1. The number of nitrogens with zero attached hydrogens (tertiary/aromatic N) is 1. The van der Waals surface area contributed by atoms with Gasteiger partial charge in [0, 0.05) is 17.1 Å². The molecule has 0 fully saturated rings. The van der Waals surface area contributed by atoms with Gasteiger partial charge in [0.25, 0.3) is 11.8 Å². The fourth-order valence-electron chi connectivity index (χ4n) is 3.21. The van der Waals surface area contributed by atoms with Crippen molar-refractivity contribution in [2.45, 2.75) is 12.6 Å². The van der Waals surface area contributed by atoms with Gasteiger partial charge in [-0.25, -0.2) is 0 Å². The molecule has 6 heteroatoms. The highest BCUT2D eigenvalue weighted by Crippen LogP contribution is 2.34. The van der Waals surface area contributed by atoms with Gasteiger partial charge in [-0.05, 0) is 42.0 Å². The average molecular weight is 407 g/mol. The van der Waals surface area contributed by atoms with Crippen molar-refractivity contribution in [3.63, 3.8) is 0 Å². The van der Waals surface area contributed by atoms with Crippen LogP contribution in [-0.4, -0.2) is 24.5 Å². The van der Waals surface area contributed by atoms with Crippen LogP contribution in [0.4, 0.5) is 5.69 Å². The third-order valence-corrected chi connectivity index (χ3v) is 4.96. The van der Waals surface area contributed by atoms with Crippen LogP contribution >= 0.6 is 11.6 Å². The maximum absolute atomic E-state index is 13.1. The molecule has 5 nitrogen and oxygen atoms in total. The number of halogens is 1. The lowest BCUT2D eigenvalue weighted by atomic mass is 10.1. The van der Waals surface area contributed by atoms with E-state index in [1.54, 1.807) is 41.3 Å². The van der Waals surface area contributed by atoms with Crippen molar-refractivity contribution in [3.05, 3.63) is 95.0 Å². The molecule has 1 atom stereocenters. The van der Waals surface area contributed by atoms with Crippen LogP contribution in [0.2, 0.25) is 5.02 Å². The van der Waals surface area contributed by atoms with E-state index in [0.29, 0.717) is 28.6 Å². The summed E-state index contributed by atoms with van der Waals surface area (Å²) in [6.45, 7) is 0.519. The van der Waals surface area contributed by atoms with Gasteiger partial charge in [-0.15, -0.1) is 0 Å². The van der Waals surface area contributed by atoms with Crippen LogP contribution in [0.1, 0.15) is 15.9 Å². The molecule has 0 aromatic heterocycles. The number of para-hydroxylation sites is 2. The van der Waals surface area contributed by atoms with Crippen LogP contribution in [0, 0.1) is 0 Å². The Kier molecular flexibility index (Phi) is 5.49. The number of amides is 2. The fraction of sp³-hybridized carbons (Fsp3) is 0.130. The van der Waals surface area contributed by atoms with Crippen LogP contribution < -0.4 is 15.0 Å². The second kappa shape index (κ2) is 8.37. The number of benzene rings is 3. The summed E-state index contributed by atoms with van der Waals surface area (Å²) in [4.78, 5) is 27.4. The molecule has 146 valence electrons. The molecule has 1 aliphatic heterocycles. The quantitative estimate of drug-likeness (QED) is 0.710. The minimum atomic E-state index is -0.801. The predicted molar refractivity (Wildman–Crippen MR) is 112 cm³/mol. The Balaban J connectivity index is 1.54. The molecule has 3 aromatic carbocycles. The molecule has 0 unspecified atom stereocenters. The highest BCUT2D eigenvalue weighted by Gasteiger charge is 2.34. The van der Waals surface area contributed by atoms with Crippen molar-refractivity contribution in [2.75, 3.05) is 11.4 Å². The molecule has 1 aliphatic rings. The molecule has 0 radical (unpaired) electrons. The van der Waals surface area contributed by atoms with Gasteiger partial charge in [-0.3, -0.25) is 9.59 Å². The number of rotatable bonds is 4. The Labute approximate surface area is 173 Å². The van der Waals surface area contributed by atoms with Gasteiger partial charge < -0.3 is 15.0 Å². The first-order chi connectivity index (χ1) is 14.1. The molecule has 0 spiro atoms. The monoisotopic (exact) mass is 406 g/mol. The second-order valence-electron chi connectivity index (χ2n) is 6.70. The van der Waals surface area contributed by atoms with E-state index in [9.17, 15) is 9.59 Å². The molecule has 1 heterocycles. The minimum absolute atomic E-state index is 0.124. The summed E-state index contributed by atoms with van der Waals surface area (Å²) in [6, 6.07) is 23.5. The predicted octanol–water partition coefficient (Wildman–Crippen LogP) is 4.06. The standard InChI is InChI=1S/C23H19ClN2O3/c24-18-12-10-17(11-13-18)23(28)26-15-21(29-20-9-5-4-8-19(20)26)22(27)25-14-16-6-2-1-3-7-16/h1-13,21H,14-15H2,(H,25,27)/t21-/m0/s1. The molecular formula is C23H19ClN2O3. The van der Waals surface area contributed by atoms with Crippen molar-refractivity contribution in [1.82, 2.24) is 5.32 Å². The molecule has 1 N–H and O–H groups in total. The lowest BCUT2D eigenvalue weighted by molar-refractivity contribution is -0.127. The molecule has 2 amide bonds. The molecule has 4 rings (SSSR count). The maximum atomic E-state index is 13.1. The van der Waals surface area contributed by atoms with Crippen molar-refractivity contribution in [1.29, 1.82) is 0 Å². The topological polar surface area (TPSA) is 58.6 Å². The van der Waals surface area contributed by atoms with Crippen LogP contribution in [0.3, 0.4) is 0 Å².